The number of rotatable bonds is 6. The number of aromatic nitrogens is 2. The number of carbonyl (C=O) groups is 1. The zero-order valence-corrected chi connectivity index (χ0v) is 21.7. The van der Waals surface area contributed by atoms with Crippen LogP contribution < -0.4 is 20.7 Å². The second kappa shape index (κ2) is 8.98. The molecule has 0 bridgehead atoms. The summed E-state index contributed by atoms with van der Waals surface area (Å²) in [6.07, 6.45) is 2.13. The maximum atomic E-state index is 14.5. The third-order valence-corrected chi connectivity index (χ3v) is 8.04. The Kier molecular flexibility index (Phi) is 5.77. The third kappa shape index (κ3) is 3.78. The quantitative estimate of drug-likeness (QED) is 0.412. The fourth-order valence-corrected chi connectivity index (χ4v) is 6.02. The molecule has 36 heavy (non-hydrogen) atoms. The first-order chi connectivity index (χ1) is 17.5. The molecule has 2 fully saturated rings. The molecule has 0 spiro atoms. The van der Waals surface area contributed by atoms with Crippen LogP contribution >= 0.6 is 0 Å². The maximum Gasteiger partial charge on any atom is 0.229 e. The highest BCUT2D eigenvalue weighted by Crippen LogP contribution is 2.29. The number of hydrogen-bond acceptors (Lipinski definition) is 5. The molecule has 7 heteroatoms. The van der Waals surface area contributed by atoms with E-state index in [4.69, 9.17) is 0 Å². The Labute approximate surface area is 212 Å². The van der Waals surface area contributed by atoms with Gasteiger partial charge >= 0.3 is 0 Å². The summed E-state index contributed by atoms with van der Waals surface area (Å²) < 4.78 is 4.37. The SMILES string of the molecule is CN[C@H]1CCN(n2c(C(=O)c3cc4cc(C)ccc4n3N3CC[C@H](NC)C3)cc3cc(C)ccc32)C1. The Morgan fingerprint density at radius 2 is 1.17 bits per heavy atom. The second-order valence-electron chi connectivity index (χ2n) is 10.5. The monoisotopic (exact) mass is 484 g/mol. The van der Waals surface area contributed by atoms with E-state index in [2.05, 4.69) is 92.4 Å². The van der Waals surface area contributed by atoms with Crippen LogP contribution in [-0.2, 0) is 0 Å². The van der Waals surface area contributed by atoms with Gasteiger partial charge in [-0.15, -0.1) is 0 Å². The molecule has 0 saturated carbocycles. The topological polar surface area (TPSA) is 57.5 Å². The van der Waals surface area contributed by atoms with E-state index < -0.39 is 0 Å². The van der Waals surface area contributed by atoms with Crippen molar-refractivity contribution in [2.75, 3.05) is 50.3 Å². The fourth-order valence-electron chi connectivity index (χ4n) is 6.02. The molecule has 4 aromatic rings. The Balaban J connectivity index is 1.51. The lowest BCUT2D eigenvalue weighted by atomic mass is 10.1. The van der Waals surface area contributed by atoms with Crippen LogP contribution in [-0.4, -0.2) is 67.5 Å². The summed E-state index contributed by atoms with van der Waals surface area (Å²) in [5.41, 5.74) is 6.06. The van der Waals surface area contributed by atoms with Gasteiger partial charge in [0.15, 0.2) is 0 Å². The van der Waals surface area contributed by atoms with Crippen LogP contribution in [0, 0.1) is 13.8 Å². The van der Waals surface area contributed by atoms with Crippen molar-refractivity contribution in [3.63, 3.8) is 0 Å². The van der Waals surface area contributed by atoms with Gasteiger partial charge in [0.2, 0.25) is 5.78 Å². The van der Waals surface area contributed by atoms with Gasteiger partial charge in [-0.1, -0.05) is 23.3 Å². The predicted octanol–water partition coefficient (Wildman–Crippen LogP) is 3.30. The number of aryl methyl sites for hydroxylation is 2. The third-order valence-electron chi connectivity index (χ3n) is 8.04. The number of hydrogen-bond donors (Lipinski definition) is 2. The van der Waals surface area contributed by atoms with E-state index in [1.165, 1.54) is 11.1 Å². The minimum Gasteiger partial charge on any atom is -0.315 e. The van der Waals surface area contributed by atoms with Gasteiger partial charge < -0.3 is 20.7 Å². The molecule has 188 valence electrons. The molecular weight excluding hydrogens is 448 g/mol. The van der Waals surface area contributed by atoms with Crippen LogP contribution in [0.25, 0.3) is 21.8 Å². The lowest BCUT2D eigenvalue weighted by Gasteiger charge is -2.26. The minimum atomic E-state index is 0.0681. The van der Waals surface area contributed by atoms with Gasteiger partial charge in [0.05, 0.1) is 11.0 Å². The van der Waals surface area contributed by atoms with Crippen molar-refractivity contribution in [2.24, 2.45) is 0 Å². The van der Waals surface area contributed by atoms with Crippen molar-refractivity contribution in [3.8, 4) is 0 Å². The number of likely N-dealkylation sites (N-methyl/N-ethyl adjacent to an activating group) is 2. The molecule has 2 aliphatic heterocycles. The number of fused-ring (bicyclic) bond motifs is 2. The Hall–Kier alpha value is -3.29. The molecule has 2 aliphatic rings. The van der Waals surface area contributed by atoms with Gasteiger partial charge in [-0.3, -0.25) is 14.1 Å². The van der Waals surface area contributed by atoms with Crippen molar-refractivity contribution in [1.29, 1.82) is 0 Å². The van der Waals surface area contributed by atoms with Crippen LogP contribution in [0.2, 0.25) is 0 Å². The summed E-state index contributed by atoms with van der Waals surface area (Å²) in [6, 6.07) is 18.0. The smallest absolute Gasteiger partial charge is 0.229 e. The highest BCUT2D eigenvalue weighted by molar-refractivity contribution is 6.12. The van der Waals surface area contributed by atoms with Crippen molar-refractivity contribution in [2.45, 2.75) is 38.8 Å². The predicted molar refractivity (Wildman–Crippen MR) is 148 cm³/mol. The lowest BCUT2D eigenvalue weighted by molar-refractivity contribution is 0.102. The minimum absolute atomic E-state index is 0.0681. The molecule has 0 unspecified atom stereocenters. The van der Waals surface area contributed by atoms with Gasteiger partial charge in [-0.25, -0.2) is 0 Å². The van der Waals surface area contributed by atoms with Crippen LogP contribution in [0.4, 0.5) is 0 Å². The van der Waals surface area contributed by atoms with Gasteiger partial charge in [-0.05, 0) is 77.2 Å². The summed E-state index contributed by atoms with van der Waals surface area (Å²) in [7, 11) is 4.04. The highest BCUT2D eigenvalue weighted by atomic mass is 16.1. The molecule has 2 N–H and O–H groups in total. The molecular formula is C29H36N6O. The molecule has 6 rings (SSSR count). The van der Waals surface area contributed by atoms with Gasteiger partial charge in [-0.2, -0.15) is 0 Å². The van der Waals surface area contributed by atoms with Crippen molar-refractivity contribution < 1.29 is 4.79 Å². The number of benzene rings is 2. The van der Waals surface area contributed by atoms with E-state index in [-0.39, 0.29) is 5.78 Å². The Morgan fingerprint density at radius 1 is 0.722 bits per heavy atom. The molecule has 7 nitrogen and oxygen atoms in total. The number of ketones is 1. The maximum absolute atomic E-state index is 14.5. The summed E-state index contributed by atoms with van der Waals surface area (Å²) in [6.45, 7) is 7.82. The molecule has 0 amide bonds. The van der Waals surface area contributed by atoms with Crippen LogP contribution in [0.3, 0.4) is 0 Å². The summed E-state index contributed by atoms with van der Waals surface area (Å²) >= 11 is 0. The first-order valence-corrected chi connectivity index (χ1v) is 13.1. The van der Waals surface area contributed by atoms with Gasteiger partial charge in [0.25, 0.3) is 0 Å². The average Bonchev–Trinajstić information content (AvgIpc) is 3.66. The van der Waals surface area contributed by atoms with Crippen LogP contribution in [0.1, 0.15) is 40.2 Å². The zero-order chi connectivity index (χ0) is 25.0. The van der Waals surface area contributed by atoms with E-state index in [0.29, 0.717) is 12.1 Å². The van der Waals surface area contributed by atoms with Crippen LogP contribution in [0.5, 0.6) is 0 Å². The molecule has 2 saturated heterocycles. The number of carbonyl (C=O) groups excluding carboxylic acids is 1. The molecule has 2 atom stereocenters. The van der Waals surface area contributed by atoms with Gasteiger partial charge in [0, 0.05) is 49.0 Å². The molecule has 0 radical (unpaired) electrons. The Bertz CT molecular complexity index is 1340. The summed E-state index contributed by atoms with van der Waals surface area (Å²) in [4.78, 5) is 14.5. The van der Waals surface area contributed by atoms with E-state index in [1.807, 2.05) is 14.1 Å². The van der Waals surface area contributed by atoms with Crippen molar-refractivity contribution in [1.82, 2.24) is 20.0 Å². The lowest BCUT2D eigenvalue weighted by Crippen LogP contribution is -2.39. The number of nitrogens with one attached hydrogen (secondary N) is 2. The molecule has 2 aromatic carbocycles. The van der Waals surface area contributed by atoms with E-state index >= 15 is 0 Å². The molecule has 0 aliphatic carbocycles. The standard InChI is InChI=1S/C29H36N6O/c1-19-5-7-25-21(13-19)15-27(34(25)32-11-9-23(17-32)30-3)29(36)28-16-22-14-20(2)6-8-26(22)35(28)33-12-10-24(18-33)31-4/h5-8,13-16,23-24,30-31H,9-12,17-18H2,1-4H3/t23-,24-/m0/s1. The first-order valence-electron chi connectivity index (χ1n) is 13.1. The highest BCUT2D eigenvalue weighted by Gasteiger charge is 2.31. The molecule has 4 heterocycles. The first kappa shape index (κ1) is 23.1. The average molecular weight is 485 g/mol. The van der Waals surface area contributed by atoms with E-state index in [1.54, 1.807) is 0 Å². The fraction of sp³-hybridized carbons (Fsp3) is 0.414. The molecule has 2 aromatic heterocycles. The zero-order valence-electron chi connectivity index (χ0n) is 21.7. The van der Waals surface area contributed by atoms with E-state index in [0.717, 1.165) is 72.2 Å². The number of nitrogens with zero attached hydrogens (tertiary/aromatic N) is 4. The van der Waals surface area contributed by atoms with E-state index in [9.17, 15) is 4.79 Å². The second-order valence-corrected chi connectivity index (χ2v) is 10.5. The van der Waals surface area contributed by atoms with Crippen molar-refractivity contribution in [3.05, 3.63) is 71.0 Å². The van der Waals surface area contributed by atoms with Crippen LogP contribution in [0.15, 0.2) is 48.5 Å². The largest absolute Gasteiger partial charge is 0.315 e. The summed E-state index contributed by atoms with van der Waals surface area (Å²) in [5.74, 6) is 0.0681. The Morgan fingerprint density at radius 3 is 1.56 bits per heavy atom. The van der Waals surface area contributed by atoms with Gasteiger partial charge in [0.1, 0.15) is 11.4 Å². The summed E-state index contributed by atoms with van der Waals surface area (Å²) in [5, 5.41) is 13.7. The normalized spacial score (nSPS) is 20.3. The van der Waals surface area contributed by atoms with Crippen molar-refractivity contribution >= 4 is 27.6 Å².